The van der Waals surface area contributed by atoms with Gasteiger partial charge < -0.3 is 4.98 Å². The van der Waals surface area contributed by atoms with Crippen molar-refractivity contribution in [3.8, 4) is 0 Å². The first-order chi connectivity index (χ1) is 7.95. The second-order valence-corrected chi connectivity index (χ2v) is 3.63. The van der Waals surface area contributed by atoms with E-state index >= 15 is 0 Å². The summed E-state index contributed by atoms with van der Waals surface area (Å²) in [5.74, 6) is 0. The molecule has 2 heteroatoms. The number of hydrogen-bond donors (Lipinski definition) is 1. The molecule has 0 saturated carbocycles. The quantitative estimate of drug-likeness (QED) is 0.536. The van der Waals surface area contributed by atoms with Gasteiger partial charge in [0.2, 0.25) is 0 Å². The number of aromatic nitrogens is 1. The topological polar surface area (TPSA) is 15.8 Å². The summed E-state index contributed by atoms with van der Waals surface area (Å²) in [6, 6.07) is 22.5. The molecule has 17 heavy (non-hydrogen) atoms. The molecule has 0 atom stereocenters. The monoisotopic (exact) mass is 265 g/mol. The molecule has 3 aromatic rings. The molecular weight excluding hydrogens is 250 g/mol. The van der Waals surface area contributed by atoms with Gasteiger partial charge in [-0.05, 0) is 18.6 Å². The van der Waals surface area contributed by atoms with Crippen LogP contribution >= 0.6 is 0 Å². The molecule has 0 unspecified atom stereocenters. The maximum absolute atomic E-state index is 3.18. The molecule has 0 fully saturated rings. The average Bonchev–Trinajstić information content (AvgIpc) is 3.05. The van der Waals surface area contributed by atoms with Gasteiger partial charge in [-0.2, -0.15) is 35.9 Å². The van der Waals surface area contributed by atoms with E-state index < -0.39 is 0 Å². The summed E-state index contributed by atoms with van der Waals surface area (Å²) in [6.45, 7) is 0. The first kappa shape index (κ1) is 13.6. The summed E-state index contributed by atoms with van der Waals surface area (Å²) < 4.78 is 0. The smallest absolute Gasteiger partial charge is 0.366 e. The summed E-state index contributed by atoms with van der Waals surface area (Å²) in [6.07, 6.45) is 2.97. The van der Waals surface area contributed by atoms with E-state index in [9.17, 15) is 0 Å². The van der Waals surface area contributed by atoms with Crippen LogP contribution in [0.25, 0.3) is 0 Å². The van der Waals surface area contributed by atoms with Gasteiger partial charge in [-0.25, -0.2) is 24.3 Å². The van der Waals surface area contributed by atoms with Crippen LogP contribution < -0.4 is 0 Å². The molecule has 1 heterocycles. The summed E-state index contributed by atoms with van der Waals surface area (Å²) in [4.78, 5) is 3.18. The zero-order chi connectivity index (χ0) is 11.1. The summed E-state index contributed by atoms with van der Waals surface area (Å²) in [5.41, 5.74) is 2.64. The fraction of sp³-hybridized carbons (Fsp3) is 0.0667. The van der Waals surface area contributed by atoms with Crippen LogP contribution in [0.15, 0.2) is 72.9 Å². The third-order valence-electron chi connectivity index (χ3n) is 2.34. The van der Waals surface area contributed by atoms with E-state index in [1.54, 1.807) is 0 Å². The fourth-order valence-corrected chi connectivity index (χ4v) is 1.55. The third-order valence-corrected chi connectivity index (χ3v) is 2.34. The van der Waals surface area contributed by atoms with Gasteiger partial charge in [0.1, 0.15) is 0 Å². The Hall–Kier alpha value is -1.50. The third kappa shape index (κ3) is 4.90. The van der Waals surface area contributed by atoms with Crippen LogP contribution in [0, 0.1) is 0 Å². The number of aromatic amines is 1. The summed E-state index contributed by atoms with van der Waals surface area (Å²) >= 11 is 0. The van der Waals surface area contributed by atoms with Gasteiger partial charge >= 0.3 is 17.1 Å². The van der Waals surface area contributed by atoms with E-state index in [-0.39, 0.29) is 17.1 Å². The molecule has 0 aliphatic rings. The molecule has 1 nitrogen and oxygen atoms in total. The predicted molar refractivity (Wildman–Crippen MR) is 67.7 cm³/mol. The van der Waals surface area contributed by atoms with Gasteiger partial charge in [-0.1, -0.05) is 0 Å². The Labute approximate surface area is 113 Å². The molecule has 0 radical (unpaired) electrons. The second kappa shape index (κ2) is 7.72. The number of H-pyrrole nitrogens is 1. The molecule has 88 valence electrons. The molecule has 0 bridgehead atoms. The van der Waals surface area contributed by atoms with Crippen LogP contribution in [0.3, 0.4) is 0 Å². The molecule has 0 spiro atoms. The van der Waals surface area contributed by atoms with Crippen LogP contribution in [-0.4, -0.2) is 4.98 Å². The standard InChI is InChI=1S/C10H10N.C5H5.Fe/c1-2-5-9(4-1)8-10-6-3-7-11-10;1-2-4-5-3-1;/h1-7,11H,8H2;1-5H;/q2*-1;+2. The Morgan fingerprint density at radius 1 is 1.00 bits per heavy atom. The van der Waals surface area contributed by atoms with Gasteiger partial charge in [0.25, 0.3) is 0 Å². The van der Waals surface area contributed by atoms with E-state index in [0.717, 1.165) is 6.42 Å². The van der Waals surface area contributed by atoms with Crippen molar-refractivity contribution in [2.75, 3.05) is 0 Å². The van der Waals surface area contributed by atoms with Crippen molar-refractivity contribution in [1.29, 1.82) is 0 Å². The largest absolute Gasteiger partial charge is 2.00 e. The van der Waals surface area contributed by atoms with Crippen LogP contribution in [-0.2, 0) is 23.5 Å². The van der Waals surface area contributed by atoms with E-state index in [2.05, 4.69) is 35.3 Å². The Morgan fingerprint density at radius 2 is 1.71 bits per heavy atom. The number of rotatable bonds is 2. The first-order valence-corrected chi connectivity index (χ1v) is 5.45. The minimum Gasteiger partial charge on any atom is -0.366 e. The van der Waals surface area contributed by atoms with Crippen LogP contribution in [0.2, 0.25) is 0 Å². The molecule has 0 amide bonds. The first-order valence-electron chi connectivity index (χ1n) is 5.45. The molecule has 0 aliphatic carbocycles. The van der Waals surface area contributed by atoms with Crippen molar-refractivity contribution in [2.45, 2.75) is 6.42 Å². The number of hydrogen-bond acceptors (Lipinski definition) is 0. The van der Waals surface area contributed by atoms with Crippen molar-refractivity contribution in [3.63, 3.8) is 0 Å². The van der Waals surface area contributed by atoms with E-state index in [1.807, 2.05) is 42.6 Å². The Balaban J connectivity index is 0.000000205. The van der Waals surface area contributed by atoms with Gasteiger partial charge in [0, 0.05) is 11.9 Å². The normalized spacial score (nSPS) is 8.94. The maximum atomic E-state index is 3.18. The molecule has 3 rings (SSSR count). The van der Waals surface area contributed by atoms with Gasteiger partial charge in [0.05, 0.1) is 0 Å². The van der Waals surface area contributed by atoms with Crippen molar-refractivity contribution >= 4 is 0 Å². The summed E-state index contributed by atoms with van der Waals surface area (Å²) in [5, 5.41) is 0. The Kier molecular flexibility index (Phi) is 6.16. The van der Waals surface area contributed by atoms with Crippen LogP contribution in [0.5, 0.6) is 0 Å². The molecule has 0 saturated heterocycles. The van der Waals surface area contributed by atoms with Gasteiger partial charge in [0.15, 0.2) is 0 Å². The predicted octanol–water partition coefficient (Wildman–Crippen LogP) is 3.73. The molecule has 1 N–H and O–H groups in total. The summed E-state index contributed by atoms with van der Waals surface area (Å²) in [7, 11) is 0. The zero-order valence-electron chi connectivity index (χ0n) is 9.49. The van der Waals surface area contributed by atoms with Crippen molar-refractivity contribution in [2.24, 2.45) is 0 Å². The minimum absolute atomic E-state index is 0. The van der Waals surface area contributed by atoms with Crippen LogP contribution in [0.4, 0.5) is 0 Å². The minimum atomic E-state index is 0. The molecule has 2 aromatic carbocycles. The second-order valence-electron chi connectivity index (χ2n) is 3.63. The average molecular weight is 265 g/mol. The van der Waals surface area contributed by atoms with Gasteiger partial charge in [-0.3, -0.25) is 0 Å². The Morgan fingerprint density at radius 3 is 2.18 bits per heavy atom. The molecular formula is C15H15FeN. The SMILES string of the molecule is [Fe+2].c1c[nH]c(C[c-]2cccc2)c1.c1cc[cH-]c1. The number of nitrogens with one attached hydrogen (secondary N) is 1. The van der Waals surface area contributed by atoms with E-state index in [4.69, 9.17) is 0 Å². The van der Waals surface area contributed by atoms with Crippen molar-refractivity contribution in [3.05, 3.63) is 84.2 Å². The van der Waals surface area contributed by atoms with Crippen molar-refractivity contribution < 1.29 is 17.1 Å². The van der Waals surface area contributed by atoms with Crippen LogP contribution in [0.1, 0.15) is 11.3 Å². The fourth-order valence-electron chi connectivity index (χ4n) is 1.55. The Bertz CT molecular complexity index is 400. The maximum Gasteiger partial charge on any atom is 2.00 e. The molecule has 1 aromatic heterocycles. The van der Waals surface area contributed by atoms with E-state index in [1.165, 1.54) is 11.3 Å². The van der Waals surface area contributed by atoms with E-state index in [0.29, 0.717) is 0 Å². The zero-order valence-corrected chi connectivity index (χ0v) is 10.6. The van der Waals surface area contributed by atoms with Gasteiger partial charge in [-0.15, -0.1) is 0 Å². The van der Waals surface area contributed by atoms with Crippen molar-refractivity contribution in [1.82, 2.24) is 4.98 Å². The molecule has 0 aliphatic heterocycles.